The summed E-state index contributed by atoms with van der Waals surface area (Å²) in [5.74, 6) is 0. The van der Waals surface area contributed by atoms with Gasteiger partial charge in [0.05, 0.1) is 11.5 Å². The summed E-state index contributed by atoms with van der Waals surface area (Å²) in [5, 5.41) is 29.0. The molecule has 0 radical (unpaired) electrons. The minimum Gasteiger partial charge on any atom is -0.394 e. The van der Waals surface area contributed by atoms with Gasteiger partial charge in [-0.25, -0.2) is 0 Å². The van der Waals surface area contributed by atoms with Crippen molar-refractivity contribution < 1.29 is 37.4 Å². The van der Waals surface area contributed by atoms with E-state index in [0.29, 0.717) is 0 Å². The van der Waals surface area contributed by atoms with Crippen molar-refractivity contribution in [2.24, 2.45) is 0 Å². The number of ether oxygens (including phenoxy) is 2. The predicted octanol–water partition coefficient (Wildman–Crippen LogP) is -0.846. The SMILES string of the molecule is CO[C@H]1O[C@@H](CO)[C@H](O)[C@H](O)[C@H]1OS(=O)(=O)c1ccc(C)cc1. The van der Waals surface area contributed by atoms with Crippen molar-refractivity contribution >= 4 is 10.1 Å². The van der Waals surface area contributed by atoms with Crippen LogP contribution < -0.4 is 0 Å². The zero-order chi connectivity index (χ0) is 17.2. The van der Waals surface area contributed by atoms with Gasteiger partial charge < -0.3 is 24.8 Å². The molecule has 0 aromatic heterocycles. The van der Waals surface area contributed by atoms with Crippen LogP contribution in [-0.2, 0) is 23.8 Å². The second-order valence-corrected chi connectivity index (χ2v) is 6.84. The Morgan fingerprint density at radius 2 is 1.78 bits per heavy atom. The zero-order valence-corrected chi connectivity index (χ0v) is 13.5. The minimum atomic E-state index is -4.19. The summed E-state index contributed by atoms with van der Waals surface area (Å²) < 4.78 is 39.8. The van der Waals surface area contributed by atoms with Crippen molar-refractivity contribution in [1.82, 2.24) is 0 Å². The lowest BCUT2D eigenvalue weighted by atomic mass is 9.99. The molecule has 0 amide bonds. The monoisotopic (exact) mass is 348 g/mol. The smallest absolute Gasteiger partial charge is 0.297 e. The molecular formula is C14H20O8S. The lowest BCUT2D eigenvalue weighted by Gasteiger charge is -2.40. The molecule has 1 aromatic carbocycles. The molecule has 0 unspecified atom stereocenters. The third-order valence-electron chi connectivity index (χ3n) is 3.60. The van der Waals surface area contributed by atoms with Crippen LogP contribution in [0.1, 0.15) is 5.56 Å². The highest BCUT2D eigenvalue weighted by Gasteiger charge is 2.47. The van der Waals surface area contributed by atoms with E-state index in [1.807, 2.05) is 6.92 Å². The Labute approximate surface area is 134 Å². The Morgan fingerprint density at radius 3 is 2.30 bits per heavy atom. The highest BCUT2D eigenvalue weighted by atomic mass is 32.2. The van der Waals surface area contributed by atoms with Gasteiger partial charge in [-0.2, -0.15) is 8.42 Å². The molecule has 1 aromatic rings. The molecule has 0 bridgehead atoms. The fourth-order valence-corrected chi connectivity index (χ4v) is 3.33. The van der Waals surface area contributed by atoms with Crippen molar-refractivity contribution in [2.75, 3.05) is 13.7 Å². The number of aryl methyl sites for hydroxylation is 1. The highest BCUT2D eigenvalue weighted by molar-refractivity contribution is 7.86. The van der Waals surface area contributed by atoms with Gasteiger partial charge in [0.2, 0.25) is 0 Å². The summed E-state index contributed by atoms with van der Waals surface area (Å²) >= 11 is 0. The first kappa shape index (κ1) is 18.3. The quantitative estimate of drug-likeness (QED) is 0.589. The number of hydrogen-bond acceptors (Lipinski definition) is 8. The van der Waals surface area contributed by atoms with Crippen LogP contribution in [0.15, 0.2) is 29.2 Å². The molecule has 130 valence electrons. The predicted molar refractivity (Wildman–Crippen MR) is 78.0 cm³/mol. The van der Waals surface area contributed by atoms with Gasteiger partial charge in [0.1, 0.15) is 18.3 Å². The van der Waals surface area contributed by atoms with Crippen LogP contribution in [0.2, 0.25) is 0 Å². The third kappa shape index (κ3) is 3.89. The van der Waals surface area contributed by atoms with Crippen molar-refractivity contribution in [2.45, 2.75) is 42.5 Å². The van der Waals surface area contributed by atoms with Crippen LogP contribution in [0.25, 0.3) is 0 Å². The van der Waals surface area contributed by atoms with E-state index in [-0.39, 0.29) is 4.90 Å². The number of aliphatic hydroxyl groups excluding tert-OH is 3. The van der Waals surface area contributed by atoms with E-state index in [1.165, 1.54) is 19.2 Å². The summed E-state index contributed by atoms with van der Waals surface area (Å²) in [6, 6.07) is 5.95. The van der Waals surface area contributed by atoms with Crippen molar-refractivity contribution in [3.05, 3.63) is 29.8 Å². The van der Waals surface area contributed by atoms with Gasteiger partial charge in [-0.3, -0.25) is 4.18 Å². The van der Waals surface area contributed by atoms with E-state index >= 15 is 0 Å². The maximum absolute atomic E-state index is 12.3. The molecule has 0 aliphatic carbocycles. The zero-order valence-electron chi connectivity index (χ0n) is 12.7. The van der Waals surface area contributed by atoms with Crippen molar-refractivity contribution in [1.29, 1.82) is 0 Å². The maximum Gasteiger partial charge on any atom is 0.297 e. The van der Waals surface area contributed by atoms with E-state index in [4.69, 9.17) is 18.8 Å². The summed E-state index contributed by atoms with van der Waals surface area (Å²) in [6.07, 6.45) is -6.94. The number of methoxy groups -OCH3 is 1. The second-order valence-electron chi connectivity index (χ2n) is 5.27. The first-order valence-corrected chi connectivity index (χ1v) is 8.36. The van der Waals surface area contributed by atoms with E-state index in [2.05, 4.69) is 0 Å². The van der Waals surface area contributed by atoms with Crippen LogP contribution in [0.3, 0.4) is 0 Å². The van der Waals surface area contributed by atoms with Crippen LogP contribution in [0.5, 0.6) is 0 Å². The first-order chi connectivity index (χ1) is 10.8. The average molecular weight is 348 g/mol. The van der Waals surface area contributed by atoms with Crippen LogP contribution in [0, 0.1) is 6.92 Å². The molecule has 1 heterocycles. The molecule has 0 saturated carbocycles. The van der Waals surface area contributed by atoms with Gasteiger partial charge in [0.25, 0.3) is 10.1 Å². The highest BCUT2D eigenvalue weighted by Crippen LogP contribution is 2.27. The first-order valence-electron chi connectivity index (χ1n) is 6.95. The van der Waals surface area contributed by atoms with E-state index in [1.54, 1.807) is 12.1 Å². The molecule has 5 atom stereocenters. The van der Waals surface area contributed by atoms with Crippen LogP contribution in [-0.4, -0.2) is 68.2 Å². The van der Waals surface area contributed by atoms with Crippen LogP contribution >= 0.6 is 0 Å². The van der Waals surface area contributed by atoms with Gasteiger partial charge in [-0.05, 0) is 19.1 Å². The van der Waals surface area contributed by atoms with E-state index in [9.17, 15) is 18.6 Å². The molecule has 3 N–H and O–H groups in total. The van der Waals surface area contributed by atoms with E-state index in [0.717, 1.165) is 5.56 Å². The molecule has 23 heavy (non-hydrogen) atoms. The van der Waals surface area contributed by atoms with Gasteiger partial charge >= 0.3 is 0 Å². The number of hydrogen-bond donors (Lipinski definition) is 3. The average Bonchev–Trinajstić information content (AvgIpc) is 2.52. The largest absolute Gasteiger partial charge is 0.394 e. The lowest BCUT2D eigenvalue weighted by molar-refractivity contribution is -0.288. The van der Waals surface area contributed by atoms with Crippen molar-refractivity contribution in [3.8, 4) is 0 Å². The minimum absolute atomic E-state index is 0.0936. The topological polar surface area (TPSA) is 123 Å². The van der Waals surface area contributed by atoms with Gasteiger partial charge in [-0.15, -0.1) is 0 Å². The summed E-state index contributed by atoms with van der Waals surface area (Å²) in [6.45, 7) is 1.25. The molecule has 0 spiro atoms. The Balaban J connectivity index is 2.24. The normalized spacial score (nSPS) is 32.0. The fourth-order valence-electron chi connectivity index (χ4n) is 2.26. The second kappa shape index (κ2) is 7.22. The number of aliphatic hydroxyl groups is 3. The lowest BCUT2D eigenvalue weighted by Crippen LogP contribution is -2.60. The number of benzene rings is 1. The van der Waals surface area contributed by atoms with Gasteiger partial charge in [0, 0.05) is 7.11 Å². The molecule has 2 rings (SSSR count). The number of rotatable bonds is 5. The molecule has 1 saturated heterocycles. The molecular weight excluding hydrogens is 328 g/mol. The van der Waals surface area contributed by atoms with Crippen LogP contribution in [0.4, 0.5) is 0 Å². The Kier molecular flexibility index (Phi) is 5.74. The summed E-state index contributed by atoms with van der Waals surface area (Å²) in [4.78, 5) is -0.0936. The Hall–Kier alpha value is -1.07. The maximum atomic E-state index is 12.3. The third-order valence-corrected chi connectivity index (χ3v) is 4.93. The van der Waals surface area contributed by atoms with Gasteiger partial charge in [-0.1, -0.05) is 17.7 Å². The Morgan fingerprint density at radius 1 is 1.17 bits per heavy atom. The summed E-state index contributed by atoms with van der Waals surface area (Å²) in [5.41, 5.74) is 0.876. The van der Waals surface area contributed by atoms with Crippen molar-refractivity contribution in [3.63, 3.8) is 0 Å². The molecule has 1 aliphatic rings. The Bertz CT molecular complexity index is 612. The molecule has 1 aliphatic heterocycles. The summed E-state index contributed by atoms with van der Waals surface area (Å²) in [7, 11) is -2.96. The molecule has 1 fully saturated rings. The van der Waals surface area contributed by atoms with Gasteiger partial charge in [0.15, 0.2) is 12.4 Å². The molecule has 8 nitrogen and oxygen atoms in total. The molecule has 9 heteroatoms. The van der Waals surface area contributed by atoms with E-state index < -0.39 is 47.4 Å². The fraction of sp³-hybridized carbons (Fsp3) is 0.571. The standard InChI is InChI=1S/C14H20O8S/c1-8-3-5-9(6-4-8)23(18,19)22-13-12(17)11(16)10(7-15)21-14(13)20-2/h3-6,10-17H,7H2,1-2H3/t10-,11-,12-,13+,14-/m0/s1.